The number of fused-ring (bicyclic) bond motifs is 8. The van der Waals surface area contributed by atoms with Gasteiger partial charge in [-0.2, -0.15) is 0 Å². The Kier molecular flexibility index (Phi) is 4.62. The van der Waals surface area contributed by atoms with Crippen LogP contribution in [0.3, 0.4) is 0 Å². The van der Waals surface area contributed by atoms with Crippen LogP contribution in [0.4, 0.5) is 0 Å². The first-order chi connectivity index (χ1) is 20.3. The first-order valence-electron chi connectivity index (χ1n) is 14.0. The van der Waals surface area contributed by atoms with E-state index in [0.717, 1.165) is 0 Å². The van der Waals surface area contributed by atoms with E-state index in [2.05, 4.69) is 119 Å². The van der Waals surface area contributed by atoms with Crippen LogP contribution in [0.5, 0.6) is 0 Å². The molecule has 41 heavy (non-hydrogen) atoms. The van der Waals surface area contributed by atoms with Crippen molar-refractivity contribution in [3.8, 4) is 11.1 Å². The third-order valence-corrected chi connectivity index (χ3v) is 11.9. The molecule has 0 spiro atoms. The minimum atomic E-state index is 0.453. The molecule has 0 saturated heterocycles. The zero-order chi connectivity index (χ0) is 26.7. The second-order valence-corrected chi connectivity index (χ2v) is 14.3. The molecule has 2 unspecified atom stereocenters. The van der Waals surface area contributed by atoms with Gasteiger partial charge in [-0.15, -0.1) is 34.4 Å². The zero-order valence-electron chi connectivity index (χ0n) is 21.9. The lowest BCUT2D eigenvalue weighted by molar-refractivity contribution is 0.930. The van der Waals surface area contributed by atoms with Crippen molar-refractivity contribution in [1.29, 1.82) is 0 Å². The molecular weight excluding hydrogens is 553 g/mol. The summed E-state index contributed by atoms with van der Waals surface area (Å²) in [5, 5.41) is 23.1. The monoisotopic (exact) mass is 574 g/mol. The van der Waals surface area contributed by atoms with Gasteiger partial charge in [0.15, 0.2) is 0 Å². The fourth-order valence-electron chi connectivity index (χ4n) is 7.12. The van der Waals surface area contributed by atoms with Gasteiger partial charge in [0.2, 0.25) is 0 Å². The molecule has 1 aliphatic carbocycles. The Hall–Kier alpha value is -3.89. The summed E-state index contributed by atoms with van der Waals surface area (Å²) in [5.74, 6) is 0.460. The van der Waals surface area contributed by atoms with E-state index in [-0.39, 0.29) is 0 Å². The SMILES string of the molecule is C1=CC2C=c3cc4cc5sccc5cc4c(-c4c5cc6ccccc6cc5cc5cc6sccc6cc45)c3=CC2S1. The number of thioether (sulfide) groups is 1. The summed E-state index contributed by atoms with van der Waals surface area (Å²) in [5.41, 5.74) is 2.75. The van der Waals surface area contributed by atoms with Gasteiger partial charge in [0.05, 0.1) is 0 Å². The molecule has 3 heteroatoms. The highest BCUT2D eigenvalue weighted by Crippen LogP contribution is 2.43. The molecule has 10 rings (SSSR count). The number of rotatable bonds is 1. The number of benzene rings is 6. The Bertz CT molecular complexity index is 2580. The molecule has 8 aromatic rings. The van der Waals surface area contributed by atoms with Gasteiger partial charge < -0.3 is 0 Å². The van der Waals surface area contributed by atoms with Crippen LogP contribution in [0.1, 0.15) is 0 Å². The quantitative estimate of drug-likeness (QED) is 0.176. The number of thiophene rings is 2. The van der Waals surface area contributed by atoms with Crippen LogP contribution in [0, 0.1) is 5.92 Å². The molecule has 6 aromatic carbocycles. The van der Waals surface area contributed by atoms with Crippen molar-refractivity contribution in [2.24, 2.45) is 5.92 Å². The van der Waals surface area contributed by atoms with E-state index < -0.39 is 0 Å². The Morgan fingerprint density at radius 1 is 0.512 bits per heavy atom. The van der Waals surface area contributed by atoms with Crippen LogP contribution in [-0.2, 0) is 0 Å². The average molecular weight is 575 g/mol. The van der Waals surface area contributed by atoms with Crippen molar-refractivity contribution in [3.63, 3.8) is 0 Å². The van der Waals surface area contributed by atoms with Crippen molar-refractivity contribution in [2.75, 3.05) is 0 Å². The van der Waals surface area contributed by atoms with Gasteiger partial charge in [-0.3, -0.25) is 0 Å². The van der Waals surface area contributed by atoms with Crippen molar-refractivity contribution < 1.29 is 0 Å². The lowest BCUT2D eigenvalue weighted by Gasteiger charge is -2.21. The summed E-state index contributed by atoms with van der Waals surface area (Å²) in [6, 6.07) is 32.7. The second-order valence-electron chi connectivity index (χ2n) is 11.3. The second kappa shape index (κ2) is 8.33. The minimum absolute atomic E-state index is 0.453. The first kappa shape index (κ1) is 22.8. The van der Waals surface area contributed by atoms with Crippen LogP contribution >= 0.6 is 34.4 Å². The maximum absolute atomic E-state index is 2.56. The van der Waals surface area contributed by atoms with E-state index in [1.165, 1.54) is 84.8 Å². The zero-order valence-corrected chi connectivity index (χ0v) is 24.4. The summed E-state index contributed by atoms with van der Waals surface area (Å²) in [6.07, 6.45) is 7.44. The Morgan fingerprint density at radius 3 is 1.88 bits per heavy atom. The fraction of sp³-hybridized carbons (Fsp3) is 0.0526. The van der Waals surface area contributed by atoms with E-state index >= 15 is 0 Å². The van der Waals surface area contributed by atoms with Crippen molar-refractivity contribution >= 4 is 110 Å². The topological polar surface area (TPSA) is 0 Å². The molecule has 3 heterocycles. The van der Waals surface area contributed by atoms with Crippen LogP contribution < -0.4 is 10.4 Å². The Balaban J connectivity index is 1.48. The van der Waals surface area contributed by atoms with Crippen LogP contribution in [0.15, 0.2) is 107 Å². The average Bonchev–Trinajstić information content (AvgIpc) is 3.75. The first-order valence-corrected chi connectivity index (χ1v) is 16.7. The largest absolute Gasteiger partial charge is 0.144 e. The standard InChI is InChI=1S/C38H22S3/c1-2-4-22-15-30-26(11-21(22)3-1)13-28-18-34-24(6-9-39-34)16-31(28)37(30)38-32-17-25-7-10-40-35(25)19-29(32)14-27-12-23-5-8-41-36(23)20-33(27)38/h1-20,23,36H. The molecule has 0 radical (unpaired) electrons. The minimum Gasteiger partial charge on any atom is -0.144 e. The predicted octanol–water partition coefficient (Wildman–Crippen LogP) is 10.2. The van der Waals surface area contributed by atoms with Crippen molar-refractivity contribution in [1.82, 2.24) is 0 Å². The molecule has 192 valence electrons. The molecule has 0 saturated carbocycles. The molecule has 2 atom stereocenters. The van der Waals surface area contributed by atoms with Gasteiger partial charge in [-0.05, 0) is 152 Å². The summed E-state index contributed by atoms with van der Waals surface area (Å²) in [4.78, 5) is 0. The van der Waals surface area contributed by atoms with Crippen LogP contribution in [0.25, 0.3) is 86.5 Å². The lowest BCUT2D eigenvalue weighted by Crippen LogP contribution is -2.34. The van der Waals surface area contributed by atoms with E-state index in [0.29, 0.717) is 11.2 Å². The Morgan fingerprint density at radius 2 is 1.12 bits per heavy atom. The predicted molar refractivity (Wildman–Crippen MR) is 185 cm³/mol. The number of allylic oxidation sites excluding steroid dienone is 1. The van der Waals surface area contributed by atoms with Crippen molar-refractivity contribution in [3.05, 3.63) is 118 Å². The molecule has 2 aliphatic rings. The maximum atomic E-state index is 2.56. The molecule has 1 aliphatic heterocycles. The van der Waals surface area contributed by atoms with Crippen LogP contribution in [0.2, 0.25) is 0 Å². The van der Waals surface area contributed by atoms with Gasteiger partial charge in [0.25, 0.3) is 0 Å². The third kappa shape index (κ3) is 3.28. The van der Waals surface area contributed by atoms with Crippen LogP contribution in [-0.4, -0.2) is 5.25 Å². The van der Waals surface area contributed by atoms with E-state index in [9.17, 15) is 0 Å². The Labute approximate surface area is 248 Å². The highest BCUT2D eigenvalue weighted by molar-refractivity contribution is 8.03. The number of hydrogen-bond donors (Lipinski definition) is 0. The van der Waals surface area contributed by atoms with E-state index in [1.807, 2.05) is 34.4 Å². The fourth-order valence-corrected chi connectivity index (χ4v) is 9.78. The summed E-state index contributed by atoms with van der Waals surface area (Å²) in [6.45, 7) is 0. The molecular formula is C38H22S3. The summed E-state index contributed by atoms with van der Waals surface area (Å²) in [7, 11) is 0. The smallest absolute Gasteiger partial charge is 0.0375 e. The van der Waals surface area contributed by atoms with Crippen molar-refractivity contribution in [2.45, 2.75) is 5.25 Å². The molecule has 0 nitrogen and oxygen atoms in total. The van der Waals surface area contributed by atoms with Gasteiger partial charge in [0.1, 0.15) is 0 Å². The van der Waals surface area contributed by atoms with E-state index in [1.54, 1.807) is 0 Å². The number of hydrogen-bond acceptors (Lipinski definition) is 3. The molecule has 2 aromatic heterocycles. The molecule has 0 N–H and O–H groups in total. The highest BCUT2D eigenvalue weighted by atomic mass is 32.2. The van der Waals surface area contributed by atoms with Gasteiger partial charge in [-0.25, -0.2) is 0 Å². The molecule has 0 fully saturated rings. The summed E-state index contributed by atoms with van der Waals surface area (Å²) < 4.78 is 2.70. The van der Waals surface area contributed by atoms with Gasteiger partial charge in [0, 0.05) is 20.6 Å². The van der Waals surface area contributed by atoms with E-state index in [4.69, 9.17) is 0 Å². The summed E-state index contributed by atoms with van der Waals surface area (Å²) >= 11 is 5.62. The lowest BCUT2D eigenvalue weighted by atomic mass is 9.84. The normalized spacial score (nSPS) is 18.0. The highest BCUT2D eigenvalue weighted by Gasteiger charge is 2.25. The van der Waals surface area contributed by atoms with Gasteiger partial charge >= 0.3 is 0 Å². The maximum Gasteiger partial charge on any atom is 0.0375 e. The third-order valence-electron chi connectivity index (χ3n) is 9.05. The molecule has 0 amide bonds. The molecule has 0 bridgehead atoms. The van der Waals surface area contributed by atoms with Gasteiger partial charge in [-0.1, -0.05) is 42.5 Å².